The molecule has 0 fully saturated rings. The lowest BCUT2D eigenvalue weighted by Crippen LogP contribution is -2.22. The van der Waals surface area contributed by atoms with E-state index >= 15 is 0 Å². The van der Waals surface area contributed by atoms with E-state index in [1.54, 1.807) is 11.3 Å². The van der Waals surface area contributed by atoms with Crippen LogP contribution in [0.25, 0.3) is 0 Å². The van der Waals surface area contributed by atoms with E-state index in [9.17, 15) is 0 Å². The highest BCUT2D eigenvalue weighted by Crippen LogP contribution is 2.19. The van der Waals surface area contributed by atoms with Crippen LogP contribution in [-0.4, -0.2) is 9.78 Å². The van der Waals surface area contributed by atoms with Gasteiger partial charge in [0.1, 0.15) is 0 Å². The van der Waals surface area contributed by atoms with Gasteiger partial charge in [-0.25, -0.2) is 0 Å². The molecule has 98 valence electrons. The Bertz CT molecular complexity index is 479. The van der Waals surface area contributed by atoms with Crippen LogP contribution in [0.15, 0.2) is 29.9 Å². The standard InChI is InChI=1S/C14H21N3S/c1-11(13-6-5-7-18-13)15-8-12-9-16-17(10-12)14(2,3)4/h5-7,9-11,15H,8H2,1-4H3/t11-/m1/s1. The molecule has 2 aromatic rings. The number of nitrogens with one attached hydrogen (secondary N) is 1. The average Bonchev–Trinajstić information content (AvgIpc) is 2.96. The van der Waals surface area contributed by atoms with E-state index in [-0.39, 0.29) is 5.54 Å². The summed E-state index contributed by atoms with van der Waals surface area (Å²) in [7, 11) is 0. The molecule has 2 rings (SSSR count). The fourth-order valence-corrected chi connectivity index (χ4v) is 2.49. The summed E-state index contributed by atoms with van der Waals surface area (Å²) >= 11 is 1.79. The molecular weight excluding hydrogens is 242 g/mol. The van der Waals surface area contributed by atoms with Crippen molar-refractivity contribution in [1.82, 2.24) is 15.1 Å². The molecule has 0 amide bonds. The molecule has 0 saturated carbocycles. The molecule has 2 heterocycles. The van der Waals surface area contributed by atoms with E-state index in [1.807, 2.05) is 10.9 Å². The summed E-state index contributed by atoms with van der Waals surface area (Å²) in [6, 6.07) is 4.65. The quantitative estimate of drug-likeness (QED) is 0.914. The Labute approximate surface area is 113 Å². The van der Waals surface area contributed by atoms with Crippen molar-refractivity contribution in [1.29, 1.82) is 0 Å². The predicted molar refractivity (Wildman–Crippen MR) is 76.8 cm³/mol. The summed E-state index contributed by atoms with van der Waals surface area (Å²) in [5.41, 5.74) is 1.28. The van der Waals surface area contributed by atoms with E-state index in [0.717, 1.165) is 6.54 Å². The zero-order valence-electron chi connectivity index (χ0n) is 11.5. The first kappa shape index (κ1) is 13.3. The maximum absolute atomic E-state index is 4.41. The number of rotatable bonds is 4. The fourth-order valence-electron chi connectivity index (χ4n) is 1.73. The smallest absolute Gasteiger partial charge is 0.0543 e. The minimum absolute atomic E-state index is 0.0532. The molecule has 18 heavy (non-hydrogen) atoms. The third kappa shape index (κ3) is 3.21. The zero-order valence-corrected chi connectivity index (χ0v) is 12.3. The average molecular weight is 263 g/mol. The van der Waals surface area contributed by atoms with E-state index < -0.39 is 0 Å². The Kier molecular flexibility index (Phi) is 3.88. The molecule has 0 aliphatic heterocycles. The van der Waals surface area contributed by atoms with Crippen LogP contribution in [0.4, 0.5) is 0 Å². The van der Waals surface area contributed by atoms with Gasteiger partial charge in [0.2, 0.25) is 0 Å². The number of hydrogen-bond donors (Lipinski definition) is 1. The van der Waals surface area contributed by atoms with Crippen molar-refractivity contribution in [2.45, 2.75) is 45.8 Å². The van der Waals surface area contributed by atoms with Gasteiger partial charge >= 0.3 is 0 Å². The number of thiophene rings is 1. The van der Waals surface area contributed by atoms with Crippen molar-refractivity contribution in [3.63, 3.8) is 0 Å². The van der Waals surface area contributed by atoms with Crippen LogP contribution in [0, 0.1) is 0 Å². The Morgan fingerprint density at radius 2 is 2.22 bits per heavy atom. The fraction of sp³-hybridized carbons (Fsp3) is 0.500. The lowest BCUT2D eigenvalue weighted by molar-refractivity contribution is 0.355. The van der Waals surface area contributed by atoms with Crippen molar-refractivity contribution in [3.05, 3.63) is 40.3 Å². The zero-order chi connectivity index (χ0) is 13.2. The molecule has 4 heteroatoms. The molecule has 0 aliphatic carbocycles. The van der Waals surface area contributed by atoms with Crippen molar-refractivity contribution in [2.75, 3.05) is 0 Å². The van der Waals surface area contributed by atoms with Crippen LogP contribution in [0.2, 0.25) is 0 Å². The maximum Gasteiger partial charge on any atom is 0.0543 e. The summed E-state index contributed by atoms with van der Waals surface area (Å²) in [5.74, 6) is 0. The third-order valence-electron chi connectivity index (χ3n) is 2.91. The minimum Gasteiger partial charge on any atom is -0.305 e. The molecule has 0 aromatic carbocycles. The van der Waals surface area contributed by atoms with Crippen LogP contribution in [0.1, 0.15) is 44.2 Å². The monoisotopic (exact) mass is 263 g/mol. The summed E-state index contributed by atoms with van der Waals surface area (Å²) in [6.45, 7) is 9.53. The Balaban J connectivity index is 1.93. The second-order valence-corrected chi connectivity index (χ2v) is 6.56. The van der Waals surface area contributed by atoms with Crippen LogP contribution in [0.5, 0.6) is 0 Å². The van der Waals surface area contributed by atoms with Crippen LogP contribution < -0.4 is 5.32 Å². The highest BCUT2D eigenvalue weighted by atomic mass is 32.1. The molecule has 0 radical (unpaired) electrons. The second-order valence-electron chi connectivity index (χ2n) is 5.58. The molecule has 0 aliphatic rings. The van der Waals surface area contributed by atoms with Gasteiger partial charge in [-0.1, -0.05) is 6.07 Å². The molecule has 1 N–H and O–H groups in total. The lowest BCUT2D eigenvalue weighted by atomic mass is 10.1. The normalized spacial score (nSPS) is 13.8. The maximum atomic E-state index is 4.41. The van der Waals surface area contributed by atoms with E-state index in [4.69, 9.17) is 0 Å². The van der Waals surface area contributed by atoms with Crippen LogP contribution >= 0.6 is 11.3 Å². The highest BCUT2D eigenvalue weighted by Gasteiger charge is 2.14. The van der Waals surface area contributed by atoms with Crippen LogP contribution in [-0.2, 0) is 12.1 Å². The first-order valence-electron chi connectivity index (χ1n) is 6.27. The Morgan fingerprint density at radius 3 is 2.78 bits per heavy atom. The highest BCUT2D eigenvalue weighted by molar-refractivity contribution is 7.10. The molecule has 2 aromatic heterocycles. The molecule has 3 nitrogen and oxygen atoms in total. The van der Waals surface area contributed by atoms with E-state index in [1.165, 1.54) is 10.4 Å². The van der Waals surface area contributed by atoms with Gasteiger partial charge in [0, 0.05) is 29.2 Å². The van der Waals surface area contributed by atoms with Gasteiger partial charge in [0.05, 0.1) is 11.7 Å². The molecule has 1 atom stereocenters. The van der Waals surface area contributed by atoms with E-state index in [0.29, 0.717) is 6.04 Å². The van der Waals surface area contributed by atoms with Gasteiger partial charge in [0.15, 0.2) is 0 Å². The van der Waals surface area contributed by atoms with Gasteiger partial charge in [0.25, 0.3) is 0 Å². The number of nitrogens with zero attached hydrogens (tertiary/aromatic N) is 2. The minimum atomic E-state index is 0.0532. The predicted octanol–water partition coefficient (Wildman–Crippen LogP) is 3.55. The SMILES string of the molecule is C[C@@H](NCc1cnn(C(C)(C)C)c1)c1cccs1. The second kappa shape index (κ2) is 5.24. The van der Waals surface area contributed by atoms with Gasteiger partial charge in [-0.2, -0.15) is 5.10 Å². The van der Waals surface area contributed by atoms with Crippen molar-refractivity contribution >= 4 is 11.3 Å². The third-order valence-corrected chi connectivity index (χ3v) is 3.96. The Hall–Kier alpha value is -1.13. The molecule has 0 saturated heterocycles. The van der Waals surface area contributed by atoms with Crippen molar-refractivity contribution in [3.8, 4) is 0 Å². The van der Waals surface area contributed by atoms with Crippen molar-refractivity contribution < 1.29 is 0 Å². The number of aromatic nitrogens is 2. The van der Waals surface area contributed by atoms with Crippen LogP contribution in [0.3, 0.4) is 0 Å². The topological polar surface area (TPSA) is 29.9 Å². The van der Waals surface area contributed by atoms with E-state index in [2.05, 4.69) is 61.8 Å². The van der Waals surface area contributed by atoms with Gasteiger partial charge in [-0.15, -0.1) is 11.3 Å². The summed E-state index contributed by atoms with van der Waals surface area (Å²) in [6.07, 6.45) is 4.06. The summed E-state index contributed by atoms with van der Waals surface area (Å²) in [5, 5.41) is 10.0. The Morgan fingerprint density at radius 1 is 1.44 bits per heavy atom. The molecular formula is C14H21N3S. The van der Waals surface area contributed by atoms with Gasteiger partial charge in [-0.3, -0.25) is 4.68 Å². The largest absolute Gasteiger partial charge is 0.305 e. The summed E-state index contributed by atoms with van der Waals surface area (Å²) < 4.78 is 2.01. The number of hydrogen-bond acceptors (Lipinski definition) is 3. The van der Waals surface area contributed by atoms with Crippen molar-refractivity contribution in [2.24, 2.45) is 0 Å². The molecule has 0 bridgehead atoms. The lowest BCUT2D eigenvalue weighted by Gasteiger charge is -2.18. The van der Waals surface area contributed by atoms with Gasteiger partial charge in [-0.05, 0) is 39.1 Å². The van der Waals surface area contributed by atoms with Gasteiger partial charge < -0.3 is 5.32 Å². The first-order valence-corrected chi connectivity index (χ1v) is 7.15. The summed E-state index contributed by atoms with van der Waals surface area (Å²) in [4.78, 5) is 1.37. The first-order chi connectivity index (χ1) is 8.47. The molecule has 0 spiro atoms. The molecule has 0 unspecified atom stereocenters.